The average molecular weight is 374 g/mol. The Kier molecular flexibility index (Phi) is 6.02. The summed E-state index contributed by atoms with van der Waals surface area (Å²) >= 11 is 1.23. The molecular formula is C16H17F3N2O3S. The molecule has 2 rings (SSSR count). The van der Waals surface area contributed by atoms with Crippen LogP contribution in [0.3, 0.4) is 0 Å². The van der Waals surface area contributed by atoms with Crippen LogP contribution >= 0.6 is 11.3 Å². The summed E-state index contributed by atoms with van der Waals surface area (Å²) in [6.07, 6.45) is -4.73. The molecule has 2 aromatic rings. The summed E-state index contributed by atoms with van der Waals surface area (Å²) in [5, 5.41) is 0. The Morgan fingerprint density at radius 3 is 2.44 bits per heavy atom. The Hall–Kier alpha value is -2.13. The van der Waals surface area contributed by atoms with Crippen molar-refractivity contribution in [3.8, 4) is 5.75 Å². The fraction of sp³-hybridized carbons (Fsp3) is 0.375. The monoisotopic (exact) mass is 374 g/mol. The molecular weight excluding hydrogens is 357 g/mol. The third kappa shape index (κ3) is 5.17. The highest BCUT2D eigenvalue weighted by Crippen LogP contribution is 2.25. The normalized spacial score (nSPS) is 12.5. The van der Waals surface area contributed by atoms with Gasteiger partial charge in [0, 0.05) is 26.3 Å². The molecule has 0 aliphatic carbocycles. The van der Waals surface area contributed by atoms with Gasteiger partial charge in [0.05, 0.1) is 17.2 Å². The van der Waals surface area contributed by atoms with E-state index in [-0.39, 0.29) is 11.5 Å². The highest BCUT2D eigenvalue weighted by atomic mass is 32.1. The van der Waals surface area contributed by atoms with Crippen LogP contribution in [0.5, 0.6) is 5.75 Å². The summed E-state index contributed by atoms with van der Waals surface area (Å²) in [5.74, 6) is -0.380. The first-order valence-corrected chi connectivity index (χ1v) is 8.13. The van der Waals surface area contributed by atoms with Gasteiger partial charge < -0.3 is 14.0 Å². The van der Waals surface area contributed by atoms with Crippen molar-refractivity contribution >= 4 is 22.8 Å². The summed E-state index contributed by atoms with van der Waals surface area (Å²) < 4.78 is 47.3. The standard InChI is InChI=1S/C16H17F3N2O3S/c1-10-14(11(2)22)25-15(21(10)8-9-23-3)20-12-4-6-13(7-5-12)24-16(17,18)19/h4-7H,8-9H2,1-3H3. The minimum atomic E-state index is -4.73. The number of ketones is 1. The number of hydrogen-bond donors (Lipinski definition) is 0. The highest BCUT2D eigenvalue weighted by Gasteiger charge is 2.30. The molecule has 0 fully saturated rings. The van der Waals surface area contributed by atoms with Crippen molar-refractivity contribution in [2.24, 2.45) is 4.99 Å². The Morgan fingerprint density at radius 1 is 1.28 bits per heavy atom. The minimum Gasteiger partial charge on any atom is -0.406 e. The van der Waals surface area contributed by atoms with Crippen LogP contribution in [-0.4, -0.2) is 30.4 Å². The molecule has 5 nitrogen and oxygen atoms in total. The first-order chi connectivity index (χ1) is 11.7. The van der Waals surface area contributed by atoms with Gasteiger partial charge in [-0.15, -0.1) is 13.2 Å². The Morgan fingerprint density at radius 2 is 1.92 bits per heavy atom. The van der Waals surface area contributed by atoms with Crippen molar-refractivity contribution in [3.05, 3.63) is 39.6 Å². The van der Waals surface area contributed by atoms with Crippen LogP contribution in [0.25, 0.3) is 0 Å². The number of Topliss-reactive ketones (excluding diaryl/α,β-unsaturated/α-hetero) is 1. The summed E-state index contributed by atoms with van der Waals surface area (Å²) in [7, 11) is 1.57. The van der Waals surface area contributed by atoms with E-state index in [2.05, 4.69) is 9.73 Å². The predicted octanol–water partition coefficient (Wildman–Crippen LogP) is 3.84. The molecule has 1 heterocycles. The molecule has 0 N–H and O–H groups in total. The maximum absolute atomic E-state index is 12.2. The molecule has 9 heteroatoms. The smallest absolute Gasteiger partial charge is 0.406 e. The molecule has 0 unspecified atom stereocenters. The molecule has 0 radical (unpaired) electrons. The lowest BCUT2D eigenvalue weighted by molar-refractivity contribution is -0.274. The maximum Gasteiger partial charge on any atom is 0.573 e. The van der Waals surface area contributed by atoms with Gasteiger partial charge in [-0.25, -0.2) is 4.99 Å². The van der Waals surface area contributed by atoms with Gasteiger partial charge in [-0.3, -0.25) is 4.79 Å². The Labute approximate surface area is 146 Å². The van der Waals surface area contributed by atoms with Crippen LogP contribution in [0.2, 0.25) is 0 Å². The molecule has 0 atom stereocenters. The number of carbonyl (C=O) groups excluding carboxylic acids is 1. The molecule has 1 aromatic carbocycles. The van der Waals surface area contributed by atoms with E-state index < -0.39 is 6.36 Å². The van der Waals surface area contributed by atoms with Gasteiger partial charge >= 0.3 is 6.36 Å². The summed E-state index contributed by atoms with van der Waals surface area (Å²) in [6, 6.07) is 5.23. The van der Waals surface area contributed by atoms with E-state index in [9.17, 15) is 18.0 Å². The lowest BCUT2D eigenvalue weighted by Gasteiger charge is -2.08. The summed E-state index contributed by atoms with van der Waals surface area (Å²) in [5.41, 5.74) is 1.24. The number of halogens is 3. The number of aromatic nitrogens is 1. The Balaban J connectivity index is 2.39. The third-order valence-corrected chi connectivity index (χ3v) is 4.57. The van der Waals surface area contributed by atoms with E-state index in [0.717, 1.165) is 5.69 Å². The molecule has 0 saturated carbocycles. The molecule has 0 aliphatic rings. The zero-order chi connectivity index (χ0) is 18.6. The van der Waals surface area contributed by atoms with Crippen molar-refractivity contribution < 1.29 is 27.4 Å². The zero-order valence-electron chi connectivity index (χ0n) is 13.9. The third-order valence-electron chi connectivity index (χ3n) is 3.29. The molecule has 0 bridgehead atoms. The van der Waals surface area contributed by atoms with Crippen LogP contribution in [0.15, 0.2) is 29.3 Å². The lowest BCUT2D eigenvalue weighted by Crippen LogP contribution is -2.19. The van der Waals surface area contributed by atoms with Crippen molar-refractivity contribution in [2.75, 3.05) is 13.7 Å². The van der Waals surface area contributed by atoms with Gasteiger partial charge in [0.15, 0.2) is 10.6 Å². The number of benzene rings is 1. The molecule has 25 heavy (non-hydrogen) atoms. The maximum atomic E-state index is 12.2. The molecule has 0 spiro atoms. The first kappa shape index (κ1) is 19.2. The van der Waals surface area contributed by atoms with Gasteiger partial charge in [-0.1, -0.05) is 11.3 Å². The van der Waals surface area contributed by atoms with Crippen LogP contribution in [0.1, 0.15) is 22.3 Å². The number of alkyl halides is 3. The summed E-state index contributed by atoms with van der Waals surface area (Å²) in [6.45, 7) is 4.26. The van der Waals surface area contributed by atoms with Gasteiger partial charge in [-0.05, 0) is 31.2 Å². The molecule has 0 amide bonds. The minimum absolute atomic E-state index is 0.0657. The van der Waals surface area contributed by atoms with E-state index in [1.54, 1.807) is 7.11 Å². The van der Waals surface area contributed by atoms with Gasteiger partial charge in [0.2, 0.25) is 0 Å². The van der Waals surface area contributed by atoms with Crippen molar-refractivity contribution in [3.63, 3.8) is 0 Å². The SMILES string of the molecule is COCCn1c(C)c(C(C)=O)sc1=Nc1ccc(OC(F)(F)F)cc1. The second-order valence-electron chi connectivity index (χ2n) is 5.15. The van der Waals surface area contributed by atoms with Crippen molar-refractivity contribution in [1.29, 1.82) is 0 Å². The largest absolute Gasteiger partial charge is 0.573 e. The van der Waals surface area contributed by atoms with Crippen LogP contribution < -0.4 is 9.54 Å². The van der Waals surface area contributed by atoms with Crippen molar-refractivity contribution in [1.82, 2.24) is 4.57 Å². The second-order valence-corrected chi connectivity index (χ2v) is 6.13. The van der Waals surface area contributed by atoms with Gasteiger partial charge in [0.1, 0.15) is 5.75 Å². The molecule has 136 valence electrons. The van der Waals surface area contributed by atoms with Gasteiger partial charge in [0.25, 0.3) is 0 Å². The van der Waals surface area contributed by atoms with E-state index in [0.29, 0.717) is 28.5 Å². The highest BCUT2D eigenvalue weighted by molar-refractivity contribution is 7.11. The van der Waals surface area contributed by atoms with Crippen LogP contribution in [-0.2, 0) is 11.3 Å². The molecule has 0 aliphatic heterocycles. The number of carbonyl (C=O) groups is 1. The second kappa shape index (κ2) is 7.83. The van der Waals surface area contributed by atoms with Crippen LogP contribution in [0, 0.1) is 6.92 Å². The number of methoxy groups -OCH3 is 1. The number of nitrogens with zero attached hydrogens (tertiary/aromatic N) is 2. The van der Waals surface area contributed by atoms with Gasteiger partial charge in [-0.2, -0.15) is 0 Å². The molecule has 1 aromatic heterocycles. The number of ether oxygens (including phenoxy) is 2. The van der Waals surface area contributed by atoms with Crippen molar-refractivity contribution in [2.45, 2.75) is 26.8 Å². The fourth-order valence-corrected chi connectivity index (χ4v) is 3.25. The topological polar surface area (TPSA) is 52.8 Å². The zero-order valence-corrected chi connectivity index (χ0v) is 14.7. The quantitative estimate of drug-likeness (QED) is 0.722. The lowest BCUT2D eigenvalue weighted by atomic mass is 10.3. The first-order valence-electron chi connectivity index (χ1n) is 7.32. The number of rotatable bonds is 6. The fourth-order valence-electron chi connectivity index (χ4n) is 2.17. The predicted molar refractivity (Wildman–Crippen MR) is 87.3 cm³/mol. The van der Waals surface area contributed by atoms with E-state index >= 15 is 0 Å². The Bertz CT molecular complexity index is 808. The average Bonchev–Trinajstić information content (AvgIpc) is 2.82. The van der Waals surface area contributed by atoms with E-state index in [1.165, 1.54) is 42.5 Å². The number of hydrogen-bond acceptors (Lipinski definition) is 5. The summed E-state index contributed by atoms with van der Waals surface area (Å²) in [4.78, 5) is 17.3. The number of thiazole rings is 1. The molecule has 0 saturated heterocycles. The van der Waals surface area contributed by atoms with E-state index in [1.807, 2.05) is 11.5 Å². The van der Waals surface area contributed by atoms with E-state index in [4.69, 9.17) is 4.74 Å². The van der Waals surface area contributed by atoms with Crippen LogP contribution in [0.4, 0.5) is 18.9 Å².